The number of hydrogen-bond acceptors (Lipinski definition) is 4. The molecule has 0 atom stereocenters. The molecule has 0 radical (unpaired) electrons. The highest BCUT2D eigenvalue weighted by atomic mass is 32.2. The zero-order valence-corrected chi connectivity index (χ0v) is 9.27. The highest BCUT2D eigenvalue weighted by molar-refractivity contribution is 7.91. The molecule has 14 heavy (non-hydrogen) atoms. The SMILES string of the molecule is Nc1csc(S(=O)(=O)N2CCCC2)c1. The predicted octanol–water partition coefficient (Wildman–Crippen LogP) is 1.11. The summed E-state index contributed by atoms with van der Waals surface area (Å²) in [4.78, 5) is 0. The van der Waals surface area contributed by atoms with Crippen molar-refractivity contribution in [2.45, 2.75) is 17.1 Å². The molecule has 0 aromatic carbocycles. The number of nitrogens with zero attached hydrogens (tertiary/aromatic N) is 1. The van der Waals surface area contributed by atoms with Gasteiger partial charge in [0.2, 0.25) is 0 Å². The molecule has 0 aliphatic carbocycles. The van der Waals surface area contributed by atoms with E-state index in [1.54, 1.807) is 5.38 Å². The topological polar surface area (TPSA) is 63.4 Å². The summed E-state index contributed by atoms with van der Waals surface area (Å²) in [5.74, 6) is 0. The van der Waals surface area contributed by atoms with E-state index in [4.69, 9.17) is 5.73 Å². The molecule has 6 heteroatoms. The summed E-state index contributed by atoms with van der Waals surface area (Å²) in [7, 11) is -3.25. The van der Waals surface area contributed by atoms with Crippen LogP contribution in [0.4, 0.5) is 5.69 Å². The Kier molecular flexibility index (Phi) is 2.50. The largest absolute Gasteiger partial charge is 0.398 e. The maximum Gasteiger partial charge on any atom is 0.252 e. The van der Waals surface area contributed by atoms with E-state index >= 15 is 0 Å². The zero-order valence-electron chi connectivity index (χ0n) is 7.64. The quantitative estimate of drug-likeness (QED) is 0.831. The second kappa shape index (κ2) is 3.52. The van der Waals surface area contributed by atoms with Crippen molar-refractivity contribution in [1.82, 2.24) is 4.31 Å². The second-order valence-electron chi connectivity index (χ2n) is 3.31. The summed E-state index contributed by atoms with van der Waals surface area (Å²) in [6, 6.07) is 1.53. The summed E-state index contributed by atoms with van der Waals surface area (Å²) >= 11 is 1.19. The first-order valence-electron chi connectivity index (χ1n) is 4.45. The molecular formula is C8H12N2O2S2. The molecule has 0 unspecified atom stereocenters. The van der Waals surface area contributed by atoms with Crippen LogP contribution in [0.3, 0.4) is 0 Å². The van der Waals surface area contributed by atoms with Crippen LogP contribution in [0.5, 0.6) is 0 Å². The van der Waals surface area contributed by atoms with Gasteiger partial charge in [-0.15, -0.1) is 11.3 Å². The smallest absolute Gasteiger partial charge is 0.252 e. The van der Waals surface area contributed by atoms with E-state index in [0.717, 1.165) is 12.8 Å². The van der Waals surface area contributed by atoms with Crippen molar-refractivity contribution >= 4 is 27.0 Å². The number of anilines is 1. The van der Waals surface area contributed by atoms with E-state index in [9.17, 15) is 8.42 Å². The van der Waals surface area contributed by atoms with Crippen LogP contribution in [0.1, 0.15) is 12.8 Å². The van der Waals surface area contributed by atoms with Gasteiger partial charge in [0.15, 0.2) is 0 Å². The number of hydrogen-bond donors (Lipinski definition) is 1. The molecule has 2 N–H and O–H groups in total. The fourth-order valence-electron chi connectivity index (χ4n) is 1.52. The Morgan fingerprint density at radius 1 is 1.36 bits per heavy atom. The van der Waals surface area contributed by atoms with Crippen LogP contribution >= 0.6 is 11.3 Å². The van der Waals surface area contributed by atoms with Gasteiger partial charge in [-0.25, -0.2) is 8.42 Å². The van der Waals surface area contributed by atoms with Crippen molar-refractivity contribution in [2.24, 2.45) is 0 Å². The van der Waals surface area contributed by atoms with Crippen LogP contribution in [0.25, 0.3) is 0 Å². The Morgan fingerprint density at radius 2 is 2.00 bits per heavy atom. The van der Waals surface area contributed by atoms with Crippen LogP contribution in [0, 0.1) is 0 Å². The van der Waals surface area contributed by atoms with Gasteiger partial charge in [0.1, 0.15) is 4.21 Å². The van der Waals surface area contributed by atoms with Gasteiger partial charge in [0.25, 0.3) is 10.0 Å². The summed E-state index contributed by atoms with van der Waals surface area (Å²) in [5.41, 5.74) is 6.02. The molecule has 1 fully saturated rings. The molecule has 0 amide bonds. The van der Waals surface area contributed by atoms with Crippen molar-refractivity contribution in [3.05, 3.63) is 11.4 Å². The van der Waals surface area contributed by atoms with Crippen LogP contribution in [0.15, 0.2) is 15.7 Å². The lowest BCUT2D eigenvalue weighted by Crippen LogP contribution is -2.27. The fraction of sp³-hybridized carbons (Fsp3) is 0.500. The van der Waals surface area contributed by atoms with E-state index in [-0.39, 0.29) is 0 Å². The maximum atomic E-state index is 11.9. The van der Waals surface area contributed by atoms with Crippen molar-refractivity contribution in [3.8, 4) is 0 Å². The van der Waals surface area contributed by atoms with E-state index in [0.29, 0.717) is 23.0 Å². The second-order valence-corrected chi connectivity index (χ2v) is 6.39. The van der Waals surface area contributed by atoms with Gasteiger partial charge in [0, 0.05) is 24.2 Å². The third-order valence-electron chi connectivity index (χ3n) is 2.25. The molecule has 2 heterocycles. The van der Waals surface area contributed by atoms with Crippen LogP contribution in [0.2, 0.25) is 0 Å². The molecule has 2 rings (SSSR count). The minimum Gasteiger partial charge on any atom is -0.398 e. The summed E-state index contributed by atoms with van der Waals surface area (Å²) in [6.45, 7) is 1.28. The first-order valence-corrected chi connectivity index (χ1v) is 6.77. The predicted molar refractivity (Wildman–Crippen MR) is 56.7 cm³/mol. The highest BCUT2D eigenvalue weighted by Gasteiger charge is 2.28. The zero-order chi connectivity index (χ0) is 10.2. The molecule has 1 aromatic heterocycles. The fourth-order valence-corrected chi connectivity index (χ4v) is 4.27. The minimum absolute atomic E-state index is 0.358. The Balaban J connectivity index is 2.32. The van der Waals surface area contributed by atoms with E-state index in [1.165, 1.54) is 21.7 Å². The van der Waals surface area contributed by atoms with E-state index in [2.05, 4.69) is 0 Å². The van der Waals surface area contributed by atoms with Crippen molar-refractivity contribution in [2.75, 3.05) is 18.8 Å². The number of thiophene rings is 1. The molecule has 0 spiro atoms. The number of nitrogen functional groups attached to an aromatic ring is 1. The number of nitrogens with two attached hydrogens (primary N) is 1. The van der Waals surface area contributed by atoms with Crippen LogP contribution < -0.4 is 5.73 Å². The first-order chi connectivity index (χ1) is 6.60. The molecule has 1 aromatic rings. The number of rotatable bonds is 2. The van der Waals surface area contributed by atoms with Gasteiger partial charge in [-0.1, -0.05) is 0 Å². The molecule has 4 nitrogen and oxygen atoms in total. The third kappa shape index (κ3) is 1.65. The van der Waals surface area contributed by atoms with Crippen molar-refractivity contribution < 1.29 is 8.42 Å². The van der Waals surface area contributed by atoms with Crippen molar-refractivity contribution in [3.63, 3.8) is 0 Å². The van der Waals surface area contributed by atoms with Crippen molar-refractivity contribution in [1.29, 1.82) is 0 Å². The Labute approximate surface area is 87.4 Å². The van der Waals surface area contributed by atoms with Crippen LogP contribution in [-0.2, 0) is 10.0 Å². The Bertz CT molecular complexity index is 418. The summed E-state index contributed by atoms with van der Waals surface area (Å²) < 4.78 is 25.7. The normalized spacial score (nSPS) is 18.9. The molecular weight excluding hydrogens is 220 g/mol. The Hall–Kier alpha value is -0.590. The van der Waals surface area contributed by atoms with Gasteiger partial charge in [-0.2, -0.15) is 4.31 Å². The minimum atomic E-state index is -3.25. The molecule has 78 valence electrons. The average Bonchev–Trinajstić information content (AvgIpc) is 2.72. The third-order valence-corrected chi connectivity index (χ3v) is 5.59. The molecule has 0 bridgehead atoms. The van der Waals surface area contributed by atoms with E-state index in [1.807, 2.05) is 0 Å². The lowest BCUT2D eigenvalue weighted by Gasteiger charge is -2.13. The monoisotopic (exact) mass is 232 g/mol. The molecule has 1 aliphatic rings. The van der Waals surface area contributed by atoms with Gasteiger partial charge in [0.05, 0.1) is 0 Å². The van der Waals surface area contributed by atoms with Crippen LogP contribution in [-0.4, -0.2) is 25.8 Å². The summed E-state index contributed by atoms with van der Waals surface area (Å²) in [5, 5.41) is 1.66. The van der Waals surface area contributed by atoms with Gasteiger partial charge >= 0.3 is 0 Å². The Morgan fingerprint density at radius 3 is 2.50 bits per heavy atom. The standard InChI is InChI=1S/C8H12N2O2S2/c9-7-5-8(13-6-7)14(11,12)10-3-1-2-4-10/h5-6H,1-4,9H2. The lowest BCUT2D eigenvalue weighted by molar-refractivity contribution is 0.479. The van der Waals surface area contributed by atoms with E-state index < -0.39 is 10.0 Å². The highest BCUT2D eigenvalue weighted by Crippen LogP contribution is 2.27. The molecule has 1 saturated heterocycles. The van der Waals surface area contributed by atoms with Gasteiger partial charge < -0.3 is 5.73 Å². The van der Waals surface area contributed by atoms with Gasteiger partial charge in [-0.05, 0) is 18.9 Å². The first kappa shape index (κ1) is 9.95. The number of sulfonamides is 1. The summed E-state index contributed by atoms with van der Waals surface area (Å²) in [6.07, 6.45) is 1.92. The molecule has 0 saturated carbocycles. The maximum absolute atomic E-state index is 11.9. The molecule has 1 aliphatic heterocycles. The average molecular weight is 232 g/mol. The van der Waals surface area contributed by atoms with Gasteiger partial charge in [-0.3, -0.25) is 0 Å². The lowest BCUT2D eigenvalue weighted by atomic mass is 10.4.